The van der Waals surface area contributed by atoms with Crippen molar-refractivity contribution in [3.05, 3.63) is 75.6 Å². The van der Waals surface area contributed by atoms with Crippen LogP contribution in [0.1, 0.15) is 37.0 Å². The summed E-state index contributed by atoms with van der Waals surface area (Å²) in [5.74, 6) is 0.359. The summed E-state index contributed by atoms with van der Waals surface area (Å²) < 4.78 is 34.1. The minimum atomic E-state index is -0.975. The quantitative estimate of drug-likeness (QED) is 0.316. The minimum Gasteiger partial charge on any atom is -0.460 e. The van der Waals surface area contributed by atoms with E-state index < -0.39 is 42.0 Å². The highest BCUT2D eigenvalue weighted by atomic mass is 16.8. The molecule has 0 amide bonds. The van der Waals surface area contributed by atoms with Gasteiger partial charge in [-0.2, -0.15) is 0 Å². The smallest absolute Gasteiger partial charge is 0.460 e. The molecule has 2 fully saturated rings. The Balaban J connectivity index is 1.34. The molecule has 0 radical (unpaired) electrons. The molecule has 3 heterocycles. The molecule has 1 aromatic heterocycles. The Morgan fingerprint density at radius 3 is 2.50 bits per heavy atom. The van der Waals surface area contributed by atoms with Gasteiger partial charge in [-0.3, -0.25) is 4.79 Å². The lowest BCUT2D eigenvalue weighted by Crippen LogP contribution is -2.62. The highest BCUT2D eigenvalue weighted by Gasteiger charge is 2.59. The molecule has 200 valence electrons. The predicted octanol–water partition coefficient (Wildman–Crippen LogP) is 4.28. The van der Waals surface area contributed by atoms with E-state index in [1.807, 2.05) is 44.2 Å². The van der Waals surface area contributed by atoms with Gasteiger partial charge in [-0.1, -0.05) is 30.3 Å². The fourth-order valence-electron chi connectivity index (χ4n) is 5.12. The van der Waals surface area contributed by atoms with Crippen LogP contribution in [0.5, 0.6) is 5.75 Å². The van der Waals surface area contributed by atoms with E-state index >= 15 is 0 Å². The Morgan fingerprint density at radius 2 is 1.76 bits per heavy atom. The third-order valence-electron chi connectivity index (χ3n) is 7.05. The molecule has 38 heavy (non-hydrogen) atoms. The average Bonchev–Trinajstić information content (AvgIpc) is 3.27. The zero-order valence-electron chi connectivity index (χ0n) is 21.7. The molecule has 9 heteroatoms. The Labute approximate surface area is 219 Å². The van der Waals surface area contributed by atoms with Crippen molar-refractivity contribution < 1.29 is 37.7 Å². The van der Waals surface area contributed by atoms with E-state index in [1.54, 1.807) is 25.1 Å². The molecule has 0 spiro atoms. The van der Waals surface area contributed by atoms with E-state index in [4.69, 9.17) is 28.1 Å². The third-order valence-corrected chi connectivity index (χ3v) is 7.05. The number of hydrogen-bond donors (Lipinski definition) is 0. The molecule has 0 aliphatic carbocycles. The van der Waals surface area contributed by atoms with E-state index in [9.17, 15) is 14.4 Å². The van der Waals surface area contributed by atoms with Crippen LogP contribution >= 0.6 is 0 Å². The molecule has 0 bridgehead atoms. The molecule has 4 atom stereocenters. The highest BCUT2D eigenvalue weighted by molar-refractivity contribution is 5.85. The topological polar surface area (TPSA) is 110 Å². The van der Waals surface area contributed by atoms with Crippen LogP contribution in [0.2, 0.25) is 0 Å². The number of hydrogen-bond acceptors (Lipinski definition) is 9. The molecular weight excluding hydrogens is 492 g/mol. The monoisotopic (exact) mass is 522 g/mol. The number of carbonyl (C=O) groups excluding carboxylic acids is 2. The van der Waals surface area contributed by atoms with Gasteiger partial charge in [-0.15, -0.1) is 0 Å². The summed E-state index contributed by atoms with van der Waals surface area (Å²) in [4.78, 5) is 37.2. The second-order valence-corrected chi connectivity index (χ2v) is 10.1. The van der Waals surface area contributed by atoms with Gasteiger partial charge in [-0.05, 0) is 51.0 Å². The SMILES string of the molecule is CO[C@@H]1[C@H]2OC(=O)O[C@H]2[C@H](Oc2ccc3cc(CC(=O)CCc4ccccc4)c(=O)oc3c2C)OC1(C)C. The van der Waals surface area contributed by atoms with Crippen LogP contribution in [0, 0.1) is 6.92 Å². The van der Waals surface area contributed by atoms with Crippen LogP contribution in [0.15, 0.2) is 57.7 Å². The number of aryl methyl sites for hydroxylation is 2. The van der Waals surface area contributed by atoms with Gasteiger partial charge in [0.15, 0.2) is 6.10 Å². The van der Waals surface area contributed by atoms with Gasteiger partial charge < -0.3 is 28.1 Å². The van der Waals surface area contributed by atoms with E-state index in [0.29, 0.717) is 40.7 Å². The molecule has 2 aliphatic heterocycles. The second kappa shape index (κ2) is 10.2. The number of Topliss-reactive ketones (excluding diaryl/α,β-unsaturated/α-hetero) is 1. The van der Waals surface area contributed by atoms with Crippen molar-refractivity contribution in [3.63, 3.8) is 0 Å². The summed E-state index contributed by atoms with van der Waals surface area (Å²) in [6.07, 6.45) is -2.93. The van der Waals surface area contributed by atoms with E-state index in [2.05, 4.69) is 0 Å². The molecule has 9 nitrogen and oxygen atoms in total. The van der Waals surface area contributed by atoms with Gasteiger partial charge in [0.25, 0.3) is 0 Å². The van der Waals surface area contributed by atoms with Crippen molar-refractivity contribution in [1.29, 1.82) is 0 Å². The largest absolute Gasteiger partial charge is 0.509 e. The number of methoxy groups -OCH3 is 1. The first kappa shape index (κ1) is 25.9. The highest BCUT2D eigenvalue weighted by Crippen LogP contribution is 2.39. The first-order valence-electron chi connectivity index (χ1n) is 12.5. The summed E-state index contributed by atoms with van der Waals surface area (Å²) in [5.41, 5.74) is 0.885. The van der Waals surface area contributed by atoms with Crippen molar-refractivity contribution in [2.24, 2.45) is 0 Å². The van der Waals surface area contributed by atoms with Crippen LogP contribution in [0.3, 0.4) is 0 Å². The maximum absolute atomic E-state index is 12.8. The number of ketones is 1. The summed E-state index contributed by atoms with van der Waals surface area (Å²) >= 11 is 0. The maximum Gasteiger partial charge on any atom is 0.509 e. The molecule has 0 saturated carbocycles. The van der Waals surface area contributed by atoms with Gasteiger partial charge >= 0.3 is 11.8 Å². The molecule has 2 aliphatic rings. The fourth-order valence-corrected chi connectivity index (χ4v) is 5.12. The zero-order chi connectivity index (χ0) is 27.0. The van der Waals surface area contributed by atoms with Crippen LogP contribution in [0.4, 0.5) is 4.79 Å². The Morgan fingerprint density at radius 1 is 1.03 bits per heavy atom. The summed E-state index contributed by atoms with van der Waals surface area (Å²) in [6.45, 7) is 5.38. The van der Waals surface area contributed by atoms with E-state index in [1.165, 1.54) is 7.11 Å². The fraction of sp³-hybridized carbons (Fsp3) is 0.414. The third kappa shape index (κ3) is 5.04. The molecule has 2 saturated heterocycles. The van der Waals surface area contributed by atoms with Crippen molar-refractivity contribution >= 4 is 22.9 Å². The first-order chi connectivity index (χ1) is 18.2. The Hall–Kier alpha value is -3.69. The lowest BCUT2D eigenvalue weighted by Gasteiger charge is -2.45. The summed E-state index contributed by atoms with van der Waals surface area (Å²) in [7, 11) is 1.51. The minimum absolute atomic E-state index is 0.00248. The van der Waals surface area contributed by atoms with Crippen LogP contribution in [-0.2, 0) is 36.6 Å². The van der Waals surface area contributed by atoms with E-state index in [-0.39, 0.29) is 12.2 Å². The molecule has 3 aromatic rings. The number of ether oxygens (including phenoxy) is 5. The summed E-state index contributed by atoms with van der Waals surface area (Å²) in [6, 6.07) is 14.9. The number of fused-ring (bicyclic) bond motifs is 2. The lowest BCUT2D eigenvalue weighted by atomic mass is 9.89. The molecule has 0 N–H and O–H groups in total. The van der Waals surface area contributed by atoms with Crippen LogP contribution in [-0.4, -0.2) is 49.3 Å². The van der Waals surface area contributed by atoms with Gasteiger partial charge in [-0.25, -0.2) is 9.59 Å². The van der Waals surface area contributed by atoms with Crippen molar-refractivity contribution in [3.8, 4) is 5.75 Å². The van der Waals surface area contributed by atoms with E-state index in [0.717, 1.165) is 5.56 Å². The molecular formula is C29H30O9. The Bertz CT molecular complexity index is 1410. The zero-order valence-corrected chi connectivity index (χ0v) is 21.7. The number of benzene rings is 2. The molecule has 5 rings (SSSR count). The predicted molar refractivity (Wildman–Crippen MR) is 136 cm³/mol. The van der Waals surface area contributed by atoms with Gasteiger partial charge in [0, 0.05) is 36.5 Å². The lowest BCUT2D eigenvalue weighted by molar-refractivity contribution is -0.282. The first-order valence-corrected chi connectivity index (χ1v) is 12.5. The molecule has 0 unspecified atom stereocenters. The van der Waals surface area contributed by atoms with Gasteiger partial charge in [0.05, 0.1) is 5.60 Å². The average molecular weight is 523 g/mol. The maximum atomic E-state index is 12.8. The summed E-state index contributed by atoms with van der Waals surface area (Å²) in [5, 5.41) is 0.665. The second-order valence-electron chi connectivity index (χ2n) is 10.1. The van der Waals surface area contributed by atoms with Crippen LogP contribution in [0.25, 0.3) is 11.0 Å². The van der Waals surface area contributed by atoms with Crippen LogP contribution < -0.4 is 10.4 Å². The Kier molecular flexibility index (Phi) is 6.98. The van der Waals surface area contributed by atoms with Crippen molar-refractivity contribution in [2.75, 3.05) is 7.11 Å². The van der Waals surface area contributed by atoms with Crippen molar-refractivity contribution in [2.45, 2.75) is 70.2 Å². The van der Waals surface area contributed by atoms with Crippen molar-refractivity contribution in [1.82, 2.24) is 0 Å². The standard InChI is InChI=1S/C29H30O9/c1-16-21(34-27-24-23(36-28(32)37-24)25(33-4)29(2,3)38-27)13-11-18-14-19(26(31)35-22(16)18)15-20(30)12-10-17-8-6-5-7-9-17/h5-9,11,13-14,23-25,27H,10,12,15H2,1-4H3/t23-,24+,25+,27+/m0/s1. The number of carbonyl (C=O) groups is 2. The normalized spacial score (nSPS) is 23.9. The van der Waals surface area contributed by atoms with Gasteiger partial charge in [0.1, 0.15) is 23.2 Å². The number of rotatable bonds is 8. The molecule has 2 aromatic carbocycles. The van der Waals surface area contributed by atoms with Gasteiger partial charge in [0.2, 0.25) is 12.4 Å².